The fourth-order valence-electron chi connectivity index (χ4n) is 2.40. The second kappa shape index (κ2) is 6.44. The highest BCUT2D eigenvalue weighted by molar-refractivity contribution is 6.32. The maximum absolute atomic E-state index is 6.22. The van der Waals surface area contributed by atoms with Crippen molar-refractivity contribution in [3.8, 4) is 5.75 Å². The van der Waals surface area contributed by atoms with Crippen molar-refractivity contribution in [3.05, 3.63) is 28.8 Å². The van der Waals surface area contributed by atoms with E-state index in [1.54, 1.807) is 0 Å². The maximum atomic E-state index is 6.22. The molecule has 0 bridgehead atoms. The molecule has 1 aromatic rings. The van der Waals surface area contributed by atoms with Crippen LogP contribution in [0.1, 0.15) is 45.1 Å². The molecule has 1 N–H and O–H groups in total. The van der Waals surface area contributed by atoms with E-state index < -0.39 is 0 Å². The SMILES string of the molecule is CC(C)Oc1ccc(CNC2CCCC2)cc1Cl. The van der Waals surface area contributed by atoms with E-state index in [1.165, 1.54) is 31.2 Å². The summed E-state index contributed by atoms with van der Waals surface area (Å²) >= 11 is 6.22. The molecule has 1 fully saturated rings. The first-order valence-electron chi connectivity index (χ1n) is 6.83. The van der Waals surface area contributed by atoms with Gasteiger partial charge in [0.2, 0.25) is 0 Å². The van der Waals surface area contributed by atoms with Crippen molar-refractivity contribution in [2.24, 2.45) is 0 Å². The van der Waals surface area contributed by atoms with Crippen LogP contribution in [0.5, 0.6) is 5.75 Å². The average Bonchev–Trinajstić information content (AvgIpc) is 2.82. The number of halogens is 1. The molecule has 1 aliphatic rings. The van der Waals surface area contributed by atoms with Gasteiger partial charge < -0.3 is 10.1 Å². The molecule has 100 valence electrons. The zero-order chi connectivity index (χ0) is 13.0. The molecule has 1 saturated carbocycles. The van der Waals surface area contributed by atoms with Gasteiger partial charge in [0.05, 0.1) is 11.1 Å². The Morgan fingerprint density at radius 3 is 2.67 bits per heavy atom. The fraction of sp³-hybridized carbons (Fsp3) is 0.600. The summed E-state index contributed by atoms with van der Waals surface area (Å²) in [6, 6.07) is 6.75. The van der Waals surface area contributed by atoms with E-state index in [0.717, 1.165) is 12.3 Å². The van der Waals surface area contributed by atoms with Crippen molar-refractivity contribution < 1.29 is 4.74 Å². The van der Waals surface area contributed by atoms with Crippen LogP contribution in [0.4, 0.5) is 0 Å². The van der Waals surface area contributed by atoms with Crippen molar-refractivity contribution >= 4 is 11.6 Å². The van der Waals surface area contributed by atoms with Gasteiger partial charge in [0.25, 0.3) is 0 Å². The number of nitrogens with one attached hydrogen (secondary N) is 1. The summed E-state index contributed by atoms with van der Waals surface area (Å²) in [5.41, 5.74) is 1.23. The van der Waals surface area contributed by atoms with Crippen molar-refractivity contribution in [1.29, 1.82) is 0 Å². The quantitative estimate of drug-likeness (QED) is 0.865. The number of ether oxygens (including phenoxy) is 1. The standard InChI is InChI=1S/C15H22ClNO/c1-11(2)18-15-8-7-12(9-14(15)16)10-17-13-5-3-4-6-13/h7-9,11,13,17H,3-6,10H2,1-2H3. The van der Waals surface area contributed by atoms with E-state index in [0.29, 0.717) is 11.1 Å². The van der Waals surface area contributed by atoms with Crippen molar-refractivity contribution in [2.45, 2.75) is 58.2 Å². The highest BCUT2D eigenvalue weighted by Crippen LogP contribution is 2.26. The number of rotatable bonds is 5. The molecule has 0 saturated heterocycles. The molecule has 18 heavy (non-hydrogen) atoms. The molecular weight excluding hydrogens is 246 g/mol. The summed E-state index contributed by atoms with van der Waals surface area (Å²) in [6.45, 7) is 4.91. The Labute approximate surface area is 115 Å². The highest BCUT2D eigenvalue weighted by Gasteiger charge is 2.14. The molecule has 0 heterocycles. The van der Waals surface area contributed by atoms with Crippen LogP contribution in [0.3, 0.4) is 0 Å². The van der Waals surface area contributed by atoms with E-state index in [2.05, 4.69) is 11.4 Å². The van der Waals surface area contributed by atoms with E-state index >= 15 is 0 Å². The van der Waals surface area contributed by atoms with Crippen LogP contribution >= 0.6 is 11.6 Å². The Morgan fingerprint density at radius 1 is 1.33 bits per heavy atom. The highest BCUT2D eigenvalue weighted by atomic mass is 35.5. The molecule has 0 amide bonds. The minimum Gasteiger partial charge on any atom is -0.489 e. The van der Waals surface area contributed by atoms with Gasteiger partial charge in [0.15, 0.2) is 0 Å². The zero-order valence-corrected chi connectivity index (χ0v) is 12.0. The van der Waals surface area contributed by atoms with Gasteiger partial charge in [-0.25, -0.2) is 0 Å². The molecular formula is C15H22ClNO. The Morgan fingerprint density at radius 2 is 2.06 bits per heavy atom. The first-order chi connectivity index (χ1) is 8.65. The summed E-state index contributed by atoms with van der Waals surface area (Å²) < 4.78 is 5.63. The van der Waals surface area contributed by atoms with E-state index in [9.17, 15) is 0 Å². The number of benzene rings is 1. The van der Waals surface area contributed by atoms with Crippen LogP contribution in [0.15, 0.2) is 18.2 Å². The minimum absolute atomic E-state index is 0.157. The molecule has 3 heteroatoms. The van der Waals surface area contributed by atoms with Crippen molar-refractivity contribution in [2.75, 3.05) is 0 Å². The first-order valence-corrected chi connectivity index (χ1v) is 7.21. The van der Waals surface area contributed by atoms with Crippen LogP contribution in [-0.4, -0.2) is 12.1 Å². The molecule has 1 aliphatic carbocycles. The second-order valence-electron chi connectivity index (χ2n) is 5.29. The van der Waals surface area contributed by atoms with Gasteiger partial charge in [0, 0.05) is 12.6 Å². The van der Waals surface area contributed by atoms with Gasteiger partial charge in [-0.2, -0.15) is 0 Å². The van der Waals surface area contributed by atoms with Gasteiger partial charge >= 0.3 is 0 Å². The number of hydrogen-bond acceptors (Lipinski definition) is 2. The lowest BCUT2D eigenvalue weighted by Gasteiger charge is -2.14. The number of hydrogen-bond donors (Lipinski definition) is 1. The molecule has 1 aromatic carbocycles. The van der Waals surface area contributed by atoms with Crippen LogP contribution in [0.2, 0.25) is 5.02 Å². The molecule has 0 aliphatic heterocycles. The van der Waals surface area contributed by atoms with Crippen LogP contribution in [0, 0.1) is 0 Å². The van der Waals surface area contributed by atoms with Gasteiger partial charge in [0.1, 0.15) is 5.75 Å². The fourth-order valence-corrected chi connectivity index (χ4v) is 2.64. The molecule has 0 radical (unpaired) electrons. The van der Waals surface area contributed by atoms with E-state index in [1.807, 2.05) is 26.0 Å². The lowest BCUT2D eigenvalue weighted by Crippen LogP contribution is -2.25. The van der Waals surface area contributed by atoms with Crippen LogP contribution in [-0.2, 0) is 6.54 Å². The molecule has 0 unspecified atom stereocenters. The summed E-state index contributed by atoms with van der Waals surface area (Å²) in [5, 5.41) is 4.29. The van der Waals surface area contributed by atoms with Crippen molar-refractivity contribution in [1.82, 2.24) is 5.32 Å². The molecule has 0 aromatic heterocycles. The third-order valence-corrected chi connectivity index (χ3v) is 3.60. The monoisotopic (exact) mass is 267 g/mol. The third kappa shape index (κ3) is 3.89. The Bertz CT molecular complexity index is 386. The summed E-state index contributed by atoms with van der Waals surface area (Å²) in [4.78, 5) is 0. The Balaban J connectivity index is 1.91. The summed E-state index contributed by atoms with van der Waals surface area (Å²) in [7, 11) is 0. The topological polar surface area (TPSA) is 21.3 Å². The van der Waals surface area contributed by atoms with Gasteiger partial charge in [-0.3, -0.25) is 0 Å². The minimum atomic E-state index is 0.157. The summed E-state index contributed by atoms with van der Waals surface area (Å²) in [6.07, 6.45) is 5.49. The zero-order valence-electron chi connectivity index (χ0n) is 11.2. The predicted molar refractivity (Wildman–Crippen MR) is 76.3 cm³/mol. The molecule has 0 spiro atoms. The Kier molecular flexibility index (Phi) is 4.90. The average molecular weight is 268 g/mol. The Hall–Kier alpha value is -0.730. The van der Waals surface area contributed by atoms with Crippen molar-refractivity contribution in [3.63, 3.8) is 0 Å². The third-order valence-electron chi connectivity index (χ3n) is 3.31. The summed E-state index contributed by atoms with van der Waals surface area (Å²) in [5.74, 6) is 0.774. The smallest absolute Gasteiger partial charge is 0.138 e. The van der Waals surface area contributed by atoms with E-state index in [-0.39, 0.29) is 6.10 Å². The van der Waals surface area contributed by atoms with E-state index in [4.69, 9.17) is 16.3 Å². The molecule has 2 nitrogen and oxygen atoms in total. The lowest BCUT2D eigenvalue weighted by atomic mass is 10.2. The van der Waals surface area contributed by atoms with Crippen LogP contribution in [0.25, 0.3) is 0 Å². The maximum Gasteiger partial charge on any atom is 0.138 e. The second-order valence-corrected chi connectivity index (χ2v) is 5.70. The first kappa shape index (κ1) is 13.7. The largest absolute Gasteiger partial charge is 0.489 e. The van der Waals surface area contributed by atoms with Crippen LogP contribution < -0.4 is 10.1 Å². The predicted octanol–water partition coefficient (Wildman–Crippen LogP) is 4.16. The normalized spacial score (nSPS) is 16.4. The molecule has 2 rings (SSSR count). The lowest BCUT2D eigenvalue weighted by molar-refractivity contribution is 0.242. The molecule has 0 atom stereocenters. The van der Waals surface area contributed by atoms with Gasteiger partial charge in [-0.15, -0.1) is 0 Å². The van der Waals surface area contributed by atoms with Gasteiger partial charge in [-0.05, 0) is 44.4 Å². The van der Waals surface area contributed by atoms with Gasteiger partial charge in [-0.1, -0.05) is 30.5 Å².